The Morgan fingerprint density at radius 3 is 1.48 bits per heavy atom. The molecule has 3 aliphatic heterocycles. The first-order valence-electron chi connectivity index (χ1n) is 16.9. The minimum atomic E-state index is -1.45. The Hall–Kier alpha value is -1.66. The van der Waals surface area contributed by atoms with Gasteiger partial charge >= 0.3 is 0 Å². The van der Waals surface area contributed by atoms with Gasteiger partial charge in [-0.05, 0) is 83.1 Å². The van der Waals surface area contributed by atoms with Crippen LogP contribution in [0.4, 0.5) is 0 Å². The summed E-state index contributed by atoms with van der Waals surface area (Å²) in [5.41, 5.74) is 10.7. The monoisotopic (exact) mass is 680 g/mol. The van der Waals surface area contributed by atoms with E-state index in [4.69, 9.17) is 20.0 Å². The third kappa shape index (κ3) is 4.76. The summed E-state index contributed by atoms with van der Waals surface area (Å²) in [7, 11) is -4.02. The van der Waals surface area contributed by atoms with Gasteiger partial charge < -0.3 is 9.68 Å². The van der Waals surface area contributed by atoms with Gasteiger partial charge in [0.05, 0.1) is 15.5 Å². The molecular weight excluding hydrogens is 625 g/mol. The Morgan fingerprint density at radius 2 is 1.04 bits per heavy atom. The second-order valence-electron chi connectivity index (χ2n) is 15.8. The average Bonchev–Trinajstić information content (AvgIpc) is 3.60. The molecule has 1 fully saturated rings. The largest absolute Gasteiger partial charge is 0.378 e. The molecule has 3 heterocycles. The Labute approximate surface area is 281 Å². The molecule has 5 nitrogen and oxygen atoms in total. The Kier molecular flexibility index (Phi) is 9.10. The van der Waals surface area contributed by atoms with E-state index in [0.717, 1.165) is 41.3 Å². The Bertz CT molecular complexity index is 1610. The van der Waals surface area contributed by atoms with E-state index in [2.05, 4.69) is 128 Å². The third-order valence-corrected chi connectivity index (χ3v) is 26.6. The first-order chi connectivity index (χ1) is 21.3. The van der Waals surface area contributed by atoms with Crippen molar-refractivity contribution < 1.29 is 14.5 Å². The van der Waals surface area contributed by atoms with E-state index in [1.54, 1.807) is 0 Å². The summed E-state index contributed by atoms with van der Waals surface area (Å²) in [6.45, 7) is 33.3. The molecule has 3 unspecified atom stereocenters. The summed E-state index contributed by atoms with van der Waals surface area (Å²) < 4.78 is 0. The van der Waals surface area contributed by atoms with Crippen LogP contribution in [0.25, 0.3) is 0 Å². The summed E-state index contributed by atoms with van der Waals surface area (Å²) in [5.74, 6) is 0. The van der Waals surface area contributed by atoms with Gasteiger partial charge in [0.2, 0.25) is 0 Å². The van der Waals surface area contributed by atoms with E-state index in [1.165, 1.54) is 33.4 Å². The van der Waals surface area contributed by atoms with Gasteiger partial charge in [0.15, 0.2) is 15.7 Å². The van der Waals surface area contributed by atoms with Gasteiger partial charge in [0, 0.05) is 35.0 Å². The molecule has 0 amide bonds. The van der Waals surface area contributed by atoms with Gasteiger partial charge in [-0.15, -0.1) is 0 Å². The molecule has 3 aliphatic rings. The number of fused-ring (bicyclic) bond motifs is 3. The maximum absolute atomic E-state index is 15.5. The van der Waals surface area contributed by atoms with Crippen LogP contribution in [-0.2, 0) is 14.5 Å². The topological polar surface area (TPSA) is 60.2 Å². The molecule has 0 radical (unpaired) electrons. The minimum Gasteiger partial charge on any atom is -0.378 e. The van der Waals surface area contributed by atoms with Gasteiger partial charge in [-0.1, -0.05) is 108 Å². The predicted molar refractivity (Wildman–Crippen MR) is 200 cm³/mol. The normalized spacial score (nSPS) is 27.5. The fraction of sp³-hybridized carbons (Fsp3) is 0.605. The molecule has 0 spiro atoms. The molecule has 2 aromatic carbocycles. The van der Waals surface area contributed by atoms with Crippen molar-refractivity contribution in [2.75, 3.05) is 0 Å². The lowest BCUT2D eigenvalue weighted by Gasteiger charge is -2.48. The standard InChI is InChI=1S/C38H55N2O3P3/c1-16-34(10,11)33(41)46-38(36(14,15)18-3)43-39-31(29-25(6)19-23(4)20-26(29)7)44(38)37(35(12,13)17-2)42-40-32(45(37)46)30-27(8)21-24(5)22-28(30)9/h19-22H,16-18H2,1-15H3/t37-,38+,44?,45?,46?/m1/s1. The molecule has 250 valence electrons. The number of rotatable bonds is 9. The molecule has 0 saturated carbocycles. The molecule has 2 aromatic rings. The molecule has 0 aliphatic carbocycles. The average molecular weight is 681 g/mol. The summed E-state index contributed by atoms with van der Waals surface area (Å²) >= 11 is 0. The number of hydrogen-bond acceptors (Lipinski definition) is 5. The van der Waals surface area contributed by atoms with Crippen LogP contribution in [-0.4, -0.2) is 26.6 Å². The number of carbonyl (C=O) groups is 1. The zero-order chi connectivity index (χ0) is 34.4. The SMILES string of the molecule is CCC(C)(C)C(=O)P1P2C(c3c(C)cc(C)cc3C)=NO[C@]2(C(C)(C)CC)P2C(c3c(C)cc(C)cc3C)=NO[C@]12C(C)(C)CC. The molecule has 1 saturated heterocycles. The number of hydrogen-bond donors (Lipinski definition) is 0. The number of benzene rings is 2. The van der Waals surface area contributed by atoms with Crippen LogP contribution in [0.15, 0.2) is 34.6 Å². The maximum atomic E-state index is 15.5. The van der Waals surface area contributed by atoms with Crippen LogP contribution in [0.2, 0.25) is 0 Å². The van der Waals surface area contributed by atoms with Crippen molar-refractivity contribution in [3.63, 3.8) is 0 Å². The molecular formula is C38H55N2O3P3. The second kappa shape index (κ2) is 11.7. The zero-order valence-electron chi connectivity index (χ0n) is 30.9. The highest BCUT2D eigenvalue weighted by Gasteiger charge is 2.85. The Balaban J connectivity index is 1.96. The van der Waals surface area contributed by atoms with Crippen molar-refractivity contribution in [3.05, 3.63) is 68.8 Å². The Morgan fingerprint density at radius 1 is 0.652 bits per heavy atom. The van der Waals surface area contributed by atoms with Crippen molar-refractivity contribution in [2.24, 2.45) is 26.6 Å². The van der Waals surface area contributed by atoms with Crippen molar-refractivity contribution in [1.29, 1.82) is 0 Å². The number of oxime groups is 2. The number of carbonyl (C=O) groups excluding carboxylic acids is 1. The van der Waals surface area contributed by atoms with Crippen LogP contribution in [0.5, 0.6) is 0 Å². The lowest BCUT2D eigenvalue weighted by atomic mass is 9.90. The zero-order valence-corrected chi connectivity index (χ0v) is 33.6. The fourth-order valence-corrected chi connectivity index (χ4v) is 28.4. The molecule has 0 aromatic heterocycles. The highest BCUT2D eigenvalue weighted by atomic mass is 32.1. The van der Waals surface area contributed by atoms with Gasteiger partial charge in [-0.2, -0.15) is 0 Å². The molecule has 0 bridgehead atoms. The smallest absolute Gasteiger partial charge is 0.199 e. The molecule has 5 rings (SSSR count). The first kappa shape index (κ1) is 35.6. The molecule has 46 heavy (non-hydrogen) atoms. The van der Waals surface area contributed by atoms with Gasteiger partial charge in [0.25, 0.3) is 0 Å². The minimum absolute atomic E-state index is 0.314. The fourth-order valence-electron chi connectivity index (χ4n) is 7.57. The third-order valence-electron chi connectivity index (χ3n) is 11.3. The first-order valence-corrected chi connectivity index (χ1v) is 21.7. The van der Waals surface area contributed by atoms with Gasteiger partial charge in [-0.3, -0.25) is 4.79 Å². The van der Waals surface area contributed by atoms with Crippen molar-refractivity contribution in [2.45, 2.75) is 133 Å². The van der Waals surface area contributed by atoms with Crippen LogP contribution < -0.4 is 0 Å². The number of aryl methyl sites for hydroxylation is 6. The van der Waals surface area contributed by atoms with Crippen LogP contribution in [0.3, 0.4) is 0 Å². The van der Waals surface area contributed by atoms with E-state index in [0.29, 0.717) is 5.52 Å². The second-order valence-corrected chi connectivity index (χ2v) is 24.5. The van der Waals surface area contributed by atoms with Gasteiger partial charge in [-0.25, -0.2) is 0 Å². The van der Waals surface area contributed by atoms with Crippen LogP contribution in [0, 0.1) is 57.8 Å². The summed E-state index contributed by atoms with van der Waals surface area (Å²) in [5, 5.41) is 8.81. The highest BCUT2D eigenvalue weighted by molar-refractivity contribution is 8.50. The van der Waals surface area contributed by atoms with Crippen molar-refractivity contribution in [3.8, 4) is 0 Å². The van der Waals surface area contributed by atoms with Crippen molar-refractivity contribution >= 4 is 39.6 Å². The lowest BCUT2D eigenvalue weighted by molar-refractivity contribution is -0.119. The van der Waals surface area contributed by atoms with Crippen molar-refractivity contribution in [1.82, 2.24) is 0 Å². The quantitative estimate of drug-likeness (QED) is 0.248. The summed E-state index contributed by atoms with van der Waals surface area (Å²) in [6.07, 6.45) is 2.51. The van der Waals surface area contributed by atoms with E-state index >= 15 is 4.79 Å². The van der Waals surface area contributed by atoms with E-state index in [1.807, 2.05) is 0 Å². The van der Waals surface area contributed by atoms with E-state index in [-0.39, 0.29) is 10.8 Å². The van der Waals surface area contributed by atoms with E-state index < -0.39 is 38.7 Å². The highest BCUT2D eigenvalue weighted by Crippen LogP contribution is 3.07. The van der Waals surface area contributed by atoms with Crippen LogP contribution in [0.1, 0.15) is 126 Å². The molecule has 8 heteroatoms. The molecule has 0 N–H and O–H groups in total. The lowest BCUT2D eigenvalue weighted by Crippen LogP contribution is -2.46. The summed E-state index contributed by atoms with van der Waals surface area (Å²) in [6, 6.07) is 9.02. The summed E-state index contributed by atoms with van der Waals surface area (Å²) in [4.78, 5) is 30.0. The predicted octanol–water partition coefficient (Wildman–Crippen LogP) is 12.1. The van der Waals surface area contributed by atoms with E-state index in [9.17, 15) is 0 Å². The number of nitrogens with zero attached hydrogens (tertiary/aromatic N) is 2. The molecule has 5 atom stereocenters. The maximum Gasteiger partial charge on any atom is 0.199 e. The van der Waals surface area contributed by atoms with Gasteiger partial charge in [0.1, 0.15) is 10.9 Å². The van der Waals surface area contributed by atoms with Crippen LogP contribution >= 0.6 is 23.1 Å².